The number of urea groups is 1. The first-order valence-electron chi connectivity index (χ1n) is 10.3. The lowest BCUT2D eigenvalue weighted by Gasteiger charge is -2.57. The van der Waals surface area contributed by atoms with Gasteiger partial charge in [-0.1, -0.05) is 54.8 Å². The predicted molar refractivity (Wildman–Crippen MR) is 116 cm³/mol. The second-order valence-electron chi connectivity index (χ2n) is 9.07. The third kappa shape index (κ3) is 3.92. The highest BCUT2D eigenvalue weighted by atomic mass is 35.5. The van der Waals surface area contributed by atoms with E-state index in [0.29, 0.717) is 21.1 Å². The molecule has 2 bridgehead atoms. The number of benzene rings is 1. The quantitative estimate of drug-likeness (QED) is 0.623. The lowest BCUT2D eigenvalue weighted by atomic mass is 9.49. The van der Waals surface area contributed by atoms with Crippen LogP contribution < -0.4 is 10.6 Å². The molecule has 1 saturated carbocycles. The molecule has 2 amide bonds. The maximum atomic E-state index is 12.3. The zero-order valence-electron chi connectivity index (χ0n) is 16.6. The maximum absolute atomic E-state index is 12.3. The number of allylic oxidation sites excluding steroid dienone is 1. The minimum atomic E-state index is -0.222. The van der Waals surface area contributed by atoms with Crippen molar-refractivity contribution < 1.29 is 4.79 Å². The van der Waals surface area contributed by atoms with Crippen molar-refractivity contribution >= 4 is 34.9 Å². The van der Waals surface area contributed by atoms with Gasteiger partial charge in [0, 0.05) is 25.7 Å². The number of nitrogens with zero attached hydrogens (tertiary/aromatic N) is 1. The molecule has 1 aromatic rings. The first kappa shape index (κ1) is 20.1. The minimum Gasteiger partial charge on any atom is -0.335 e. The van der Waals surface area contributed by atoms with Crippen molar-refractivity contribution in [2.45, 2.75) is 45.6 Å². The number of nitrogens with one attached hydrogen (secondary N) is 2. The first-order valence-corrected chi connectivity index (χ1v) is 11.0. The van der Waals surface area contributed by atoms with Crippen LogP contribution in [0.5, 0.6) is 0 Å². The summed E-state index contributed by atoms with van der Waals surface area (Å²) in [6, 6.07) is 5.20. The number of fused-ring (bicyclic) bond motifs is 1. The van der Waals surface area contributed by atoms with Crippen LogP contribution in [0.25, 0.3) is 0 Å². The van der Waals surface area contributed by atoms with Crippen molar-refractivity contribution in [3.05, 3.63) is 39.9 Å². The standard InChI is InChI=1S/C22H29Cl2N3O/c1-22(2)15-7-6-14(17(22)12-15)13-27-10-8-16(9-11-27)25-21(28)26-19-5-3-4-18(23)20(19)24/h3-6,15-17H,7-13H2,1-2H3,(H2,25,26,28). The molecule has 28 heavy (non-hydrogen) atoms. The summed E-state index contributed by atoms with van der Waals surface area (Å²) < 4.78 is 0. The van der Waals surface area contributed by atoms with E-state index in [1.54, 1.807) is 23.8 Å². The average molecular weight is 422 g/mol. The van der Waals surface area contributed by atoms with Crippen molar-refractivity contribution in [3.63, 3.8) is 0 Å². The van der Waals surface area contributed by atoms with Gasteiger partial charge in [0.25, 0.3) is 0 Å². The number of halogens is 2. The Labute approximate surface area is 177 Å². The van der Waals surface area contributed by atoms with Crippen molar-refractivity contribution in [1.82, 2.24) is 10.2 Å². The van der Waals surface area contributed by atoms with Crippen LogP contribution >= 0.6 is 23.2 Å². The average Bonchev–Trinajstić information content (AvgIpc) is 2.67. The lowest BCUT2D eigenvalue weighted by Crippen LogP contribution is -2.51. The molecule has 0 spiro atoms. The van der Waals surface area contributed by atoms with E-state index in [2.05, 4.69) is 35.5 Å². The van der Waals surface area contributed by atoms with Crippen LogP contribution in [0.4, 0.5) is 10.5 Å². The van der Waals surface area contributed by atoms with Crippen LogP contribution in [0.1, 0.15) is 39.5 Å². The molecule has 1 heterocycles. The van der Waals surface area contributed by atoms with Crippen molar-refractivity contribution in [1.29, 1.82) is 0 Å². The van der Waals surface area contributed by atoms with E-state index in [-0.39, 0.29) is 12.1 Å². The number of hydrogen-bond donors (Lipinski definition) is 2. The van der Waals surface area contributed by atoms with Gasteiger partial charge < -0.3 is 10.6 Å². The van der Waals surface area contributed by atoms with Crippen LogP contribution in [-0.4, -0.2) is 36.6 Å². The molecule has 4 nitrogen and oxygen atoms in total. The first-order chi connectivity index (χ1) is 13.3. The molecule has 5 rings (SSSR count). The molecule has 1 aromatic carbocycles. The number of hydrogen-bond acceptors (Lipinski definition) is 2. The molecule has 2 N–H and O–H groups in total. The van der Waals surface area contributed by atoms with E-state index < -0.39 is 0 Å². The number of rotatable bonds is 4. The van der Waals surface area contributed by atoms with Crippen molar-refractivity contribution in [3.8, 4) is 0 Å². The van der Waals surface area contributed by atoms with Crippen molar-refractivity contribution in [2.24, 2.45) is 17.3 Å². The second kappa shape index (κ2) is 7.89. The largest absolute Gasteiger partial charge is 0.335 e. The van der Waals surface area contributed by atoms with E-state index in [9.17, 15) is 4.79 Å². The highest BCUT2D eigenvalue weighted by molar-refractivity contribution is 6.43. The summed E-state index contributed by atoms with van der Waals surface area (Å²) in [4.78, 5) is 14.9. The smallest absolute Gasteiger partial charge is 0.319 e. The number of piperidine rings is 1. The van der Waals surface area contributed by atoms with E-state index in [1.165, 1.54) is 12.8 Å². The van der Waals surface area contributed by atoms with Crippen LogP contribution in [0.3, 0.4) is 0 Å². The molecule has 0 aromatic heterocycles. The number of anilines is 1. The number of carbonyl (C=O) groups is 1. The molecule has 6 heteroatoms. The normalized spacial score (nSPS) is 26.9. The Morgan fingerprint density at radius 1 is 1.25 bits per heavy atom. The molecular formula is C22H29Cl2N3O. The van der Waals surface area contributed by atoms with Gasteiger partial charge in [-0.25, -0.2) is 4.79 Å². The molecule has 1 saturated heterocycles. The van der Waals surface area contributed by atoms with E-state index in [1.807, 2.05) is 0 Å². The van der Waals surface area contributed by atoms with Gasteiger partial charge in [0.15, 0.2) is 0 Å². The second-order valence-corrected chi connectivity index (χ2v) is 9.86. The number of likely N-dealkylation sites (tertiary alicyclic amines) is 1. The molecule has 1 aliphatic heterocycles. The van der Waals surface area contributed by atoms with Gasteiger partial charge in [-0.15, -0.1) is 0 Å². The number of amides is 2. The summed E-state index contributed by atoms with van der Waals surface area (Å²) in [5.41, 5.74) is 2.67. The third-order valence-corrected chi connectivity index (χ3v) is 7.93. The van der Waals surface area contributed by atoms with Gasteiger partial charge >= 0.3 is 6.03 Å². The molecule has 0 radical (unpaired) electrons. The summed E-state index contributed by atoms with van der Waals surface area (Å²) >= 11 is 12.1. The maximum Gasteiger partial charge on any atom is 0.319 e. The Bertz CT molecular complexity index is 784. The van der Waals surface area contributed by atoms with E-state index in [4.69, 9.17) is 23.2 Å². The van der Waals surface area contributed by atoms with Gasteiger partial charge in [-0.05, 0) is 55.1 Å². The van der Waals surface area contributed by atoms with Crippen LogP contribution in [0, 0.1) is 17.3 Å². The summed E-state index contributed by atoms with van der Waals surface area (Å²) in [5, 5.41) is 6.69. The topological polar surface area (TPSA) is 44.4 Å². The molecule has 2 unspecified atom stereocenters. The van der Waals surface area contributed by atoms with Crippen LogP contribution in [-0.2, 0) is 0 Å². The number of carbonyl (C=O) groups excluding carboxylic acids is 1. The van der Waals surface area contributed by atoms with Gasteiger partial charge in [0.1, 0.15) is 0 Å². The highest BCUT2D eigenvalue weighted by Gasteiger charge is 2.51. The SMILES string of the molecule is CC1(C)C2CC=C(CN3CCC(NC(=O)Nc4cccc(Cl)c4Cl)CC3)C1C2. The zero-order chi connectivity index (χ0) is 19.9. The fourth-order valence-electron chi connectivity index (χ4n) is 5.09. The summed E-state index contributed by atoms with van der Waals surface area (Å²) in [5.74, 6) is 1.66. The van der Waals surface area contributed by atoms with Crippen LogP contribution in [0.2, 0.25) is 10.0 Å². The fourth-order valence-corrected chi connectivity index (χ4v) is 5.44. The Morgan fingerprint density at radius 2 is 2.00 bits per heavy atom. The zero-order valence-corrected chi connectivity index (χ0v) is 18.1. The Balaban J connectivity index is 1.24. The van der Waals surface area contributed by atoms with E-state index >= 15 is 0 Å². The summed E-state index contributed by atoms with van der Waals surface area (Å²) in [7, 11) is 0. The Morgan fingerprint density at radius 3 is 2.68 bits per heavy atom. The minimum absolute atomic E-state index is 0.194. The van der Waals surface area contributed by atoms with Gasteiger partial charge in [-0.2, -0.15) is 0 Å². The molecule has 4 aliphatic rings. The predicted octanol–water partition coefficient (Wildman–Crippen LogP) is 5.57. The molecular weight excluding hydrogens is 393 g/mol. The Hall–Kier alpha value is -1.23. The highest BCUT2D eigenvalue weighted by Crippen LogP contribution is 2.59. The van der Waals surface area contributed by atoms with Crippen LogP contribution in [0.15, 0.2) is 29.8 Å². The van der Waals surface area contributed by atoms with Gasteiger partial charge in [0.2, 0.25) is 0 Å². The molecule has 2 fully saturated rings. The Kier molecular flexibility index (Phi) is 5.65. The van der Waals surface area contributed by atoms with Gasteiger partial charge in [0.05, 0.1) is 15.7 Å². The molecule has 2 atom stereocenters. The molecule has 152 valence electrons. The molecule has 3 aliphatic carbocycles. The third-order valence-electron chi connectivity index (χ3n) is 7.11. The van der Waals surface area contributed by atoms with Crippen molar-refractivity contribution in [2.75, 3.05) is 25.0 Å². The van der Waals surface area contributed by atoms with E-state index in [0.717, 1.165) is 44.3 Å². The fraction of sp³-hybridized carbons (Fsp3) is 0.591. The lowest BCUT2D eigenvalue weighted by molar-refractivity contribution is -0.0113. The van der Waals surface area contributed by atoms with Gasteiger partial charge in [-0.3, -0.25) is 4.90 Å². The summed E-state index contributed by atoms with van der Waals surface area (Å²) in [6.45, 7) is 8.00. The summed E-state index contributed by atoms with van der Waals surface area (Å²) in [6.07, 6.45) is 7.07. The monoisotopic (exact) mass is 421 g/mol.